The number of nitrogens with zero attached hydrogens (tertiary/aromatic N) is 1. The van der Waals surface area contributed by atoms with Gasteiger partial charge in [-0.2, -0.15) is 0 Å². The predicted molar refractivity (Wildman–Crippen MR) is 72.8 cm³/mol. The van der Waals surface area contributed by atoms with Crippen molar-refractivity contribution in [1.29, 1.82) is 0 Å². The Kier molecular flexibility index (Phi) is 4.16. The van der Waals surface area contributed by atoms with Crippen molar-refractivity contribution in [3.63, 3.8) is 0 Å². The number of likely N-dealkylation sites (tertiary alicyclic amines) is 1. The second kappa shape index (κ2) is 5.87. The minimum atomic E-state index is -0.476. The largest absolute Gasteiger partial charge is 0.465 e. The number of ether oxygens (including phenoxy) is 1. The van der Waals surface area contributed by atoms with Crippen molar-refractivity contribution in [2.24, 2.45) is 0 Å². The highest BCUT2D eigenvalue weighted by Gasteiger charge is 2.30. The van der Waals surface area contributed by atoms with Crippen LogP contribution in [0.2, 0.25) is 0 Å². The van der Waals surface area contributed by atoms with Crippen molar-refractivity contribution in [3.05, 3.63) is 34.9 Å². The van der Waals surface area contributed by atoms with E-state index in [1.54, 1.807) is 13.0 Å². The molecule has 0 atom stereocenters. The molecule has 110 valence electrons. The lowest BCUT2D eigenvalue weighted by atomic mass is 10.0. The van der Waals surface area contributed by atoms with Crippen molar-refractivity contribution in [2.45, 2.75) is 19.8 Å². The maximum absolute atomic E-state index is 12.1. The Bertz CT molecular complexity index is 619. The number of benzene rings is 1. The SMILES string of the molecule is COC(=O)c1ccc(C(=O)CN2C(=O)CCC2=O)cc1C. The highest BCUT2D eigenvalue weighted by Crippen LogP contribution is 2.16. The first-order valence-corrected chi connectivity index (χ1v) is 6.49. The number of carbonyl (C=O) groups is 4. The van der Waals surface area contributed by atoms with E-state index >= 15 is 0 Å². The number of rotatable bonds is 4. The van der Waals surface area contributed by atoms with Crippen LogP contribution >= 0.6 is 0 Å². The molecule has 0 saturated carbocycles. The first-order chi connectivity index (χ1) is 9.93. The summed E-state index contributed by atoms with van der Waals surface area (Å²) in [5, 5.41) is 0. The van der Waals surface area contributed by atoms with Gasteiger partial charge in [-0.1, -0.05) is 6.07 Å². The number of aryl methyl sites for hydroxylation is 1. The summed E-state index contributed by atoms with van der Waals surface area (Å²) in [6, 6.07) is 4.55. The zero-order chi connectivity index (χ0) is 15.6. The molecule has 0 radical (unpaired) electrons. The third-order valence-electron chi connectivity index (χ3n) is 3.41. The number of Topliss-reactive ketones (excluding diaryl/α,β-unsaturated/α-hetero) is 1. The van der Waals surface area contributed by atoms with Gasteiger partial charge in [0.15, 0.2) is 5.78 Å². The summed E-state index contributed by atoms with van der Waals surface area (Å²) < 4.78 is 4.63. The molecule has 6 heteroatoms. The van der Waals surface area contributed by atoms with Gasteiger partial charge in [0.05, 0.1) is 19.2 Å². The normalized spacial score (nSPS) is 14.5. The van der Waals surface area contributed by atoms with Crippen molar-refractivity contribution in [3.8, 4) is 0 Å². The highest BCUT2D eigenvalue weighted by atomic mass is 16.5. The van der Waals surface area contributed by atoms with Gasteiger partial charge in [0.25, 0.3) is 0 Å². The van der Waals surface area contributed by atoms with E-state index in [1.165, 1.54) is 19.2 Å². The third-order valence-corrected chi connectivity index (χ3v) is 3.41. The molecule has 1 aliphatic heterocycles. The van der Waals surface area contributed by atoms with Crippen LogP contribution in [0.15, 0.2) is 18.2 Å². The maximum Gasteiger partial charge on any atom is 0.338 e. The van der Waals surface area contributed by atoms with E-state index < -0.39 is 5.97 Å². The van der Waals surface area contributed by atoms with Gasteiger partial charge in [-0.05, 0) is 24.6 Å². The summed E-state index contributed by atoms with van der Waals surface area (Å²) in [6.07, 6.45) is 0.318. The molecule has 2 amide bonds. The van der Waals surface area contributed by atoms with Gasteiger partial charge >= 0.3 is 5.97 Å². The van der Waals surface area contributed by atoms with E-state index in [4.69, 9.17) is 0 Å². The number of hydrogen-bond acceptors (Lipinski definition) is 5. The molecule has 1 aromatic carbocycles. The number of imide groups is 1. The van der Waals surface area contributed by atoms with E-state index in [0.29, 0.717) is 16.7 Å². The molecule has 1 aliphatic rings. The lowest BCUT2D eigenvalue weighted by Gasteiger charge is -2.13. The Labute approximate surface area is 121 Å². The van der Waals surface area contributed by atoms with Crippen LogP contribution in [0.3, 0.4) is 0 Å². The fraction of sp³-hybridized carbons (Fsp3) is 0.333. The number of esters is 1. The smallest absolute Gasteiger partial charge is 0.338 e. The van der Waals surface area contributed by atoms with Gasteiger partial charge in [0.1, 0.15) is 0 Å². The topological polar surface area (TPSA) is 80.8 Å². The van der Waals surface area contributed by atoms with Crippen molar-refractivity contribution < 1.29 is 23.9 Å². The van der Waals surface area contributed by atoms with E-state index in [2.05, 4.69) is 4.74 Å². The number of carbonyl (C=O) groups excluding carboxylic acids is 4. The van der Waals surface area contributed by atoms with Gasteiger partial charge < -0.3 is 4.74 Å². The van der Waals surface area contributed by atoms with Crippen molar-refractivity contribution in [1.82, 2.24) is 4.90 Å². The van der Waals surface area contributed by atoms with Gasteiger partial charge in [-0.3, -0.25) is 19.3 Å². The zero-order valence-electron chi connectivity index (χ0n) is 11.8. The van der Waals surface area contributed by atoms with Crippen molar-refractivity contribution >= 4 is 23.6 Å². The fourth-order valence-corrected chi connectivity index (χ4v) is 2.21. The van der Waals surface area contributed by atoms with Crippen LogP contribution in [0.25, 0.3) is 0 Å². The molecule has 2 rings (SSSR count). The number of methoxy groups -OCH3 is 1. The lowest BCUT2D eigenvalue weighted by molar-refractivity contribution is -0.137. The predicted octanol–water partition coefficient (Wildman–Crippen LogP) is 1.11. The van der Waals surface area contributed by atoms with Crippen LogP contribution in [-0.2, 0) is 14.3 Å². The minimum Gasteiger partial charge on any atom is -0.465 e. The van der Waals surface area contributed by atoms with Gasteiger partial charge in [-0.15, -0.1) is 0 Å². The first-order valence-electron chi connectivity index (χ1n) is 6.49. The molecule has 0 aromatic heterocycles. The number of amides is 2. The first kappa shape index (κ1) is 14.9. The van der Waals surface area contributed by atoms with E-state index in [9.17, 15) is 19.2 Å². The third kappa shape index (κ3) is 2.99. The monoisotopic (exact) mass is 289 g/mol. The second-order valence-electron chi connectivity index (χ2n) is 4.82. The average Bonchev–Trinajstić information content (AvgIpc) is 2.78. The molecule has 21 heavy (non-hydrogen) atoms. The van der Waals surface area contributed by atoms with Crippen LogP contribution < -0.4 is 0 Å². The highest BCUT2D eigenvalue weighted by molar-refractivity contribution is 6.08. The Morgan fingerprint density at radius 2 is 1.81 bits per heavy atom. The molecule has 1 fully saturated rings. The molecular weight excluding hydrogens is 274 g/mol. The Morgan fingerprint density at radius 1 is 1.19 bits per heavy atom. The van der Waals surface area contributed by atoms with Crippen LogP contribution in [-0.4, -0.2) is 42.1 Å². The van der Waals surface area contributed by atoms with Crippen molar-refractivity contribution in [2.75, 3.05) is 13.7 Å². The summed E-state index contributed by atoms with van der Waals surface area (Å²) in [5.74, 6) is -1.46. The summed E-state index contributed by atoms with van der Waals surface area (Å²) >= 11 is 0. The summed E-state index contributed by atoms with van der Waals surface area (Å²) in [4.78, 5) is 47.6. The summed E-state index contributed by atoms with van der Waals surface area (Å²) in [6.45, 7) is 1.43. The molecule has 6 nitrogen and oxygen atoms in total. The quantitative estimate of drug-likeness (QED) is 0.471. The van der Waals surface area contributed by atoms with Crippen LogP contribution in [0.5, 0.6) is 0 Å². The molecule has 0 aliphatic carbocycles. The van der Waals surface area contributed by atoms with E-state index in [-0.39, 0.29) is 37.0 Å². The van der Waals surface area contributed by atoms with E-state index in [1.807, 2.05) is 0 Å². The van der Waals surface area contributed by atoms with Crippen LogP contribution in [0.4, 0.5) is 0 Å². The van der Waals surface area contributed by atoms with Gasteiger partial charge in [-0.25, -0.2) is 4.79 Å². The number of ketones is 1. The van der Waals surface area contributed by atoms with Gasteiger partial charge in [0, 0.05) is 18.4 Å². The molecule has 0 bridgehead atoms. The summed E-state index contributed by atoms with van der Waals surface area (Å²) in [5.41, 5.74) is 1.34. The van der Waals surface area contributed by atoms with E-state index in [0.717, 1.165) is 4.90 Å². The van der Waals surface area contributed by atoms with Crippen LogP contribution in [0.1, 0.15) is 39.1 Å². The number of hydrogen-bond donors (Lipinski definition) is 0. The van der Waals surface area contributed by atoms with Gasteiger partial charge in [0.2, 0.25) is 11.8 Å². The lowest BCUT2D eigenvalue weighted by Crippen LogP contribution is -2.34. The zero-order valence-corrected chi connectivity index (χ0v) is 11.8. The molecule has 0 N–H and O–H groups in total. The standard InChI is InChI=1S/C15H15NO5/c1-9-7-10(3-4-11(9)15(20)21-2)12(17)8-16-13(18)5-6-14(16)19/h3-4,7H,5-6,8H2,1-2H3. The average molecular weight is 289 g/mol. The van der Waals surface area contributed by atoms with Crippen LogP contribution in [0, 0.1) is 6.92 Å². The molecule has 0 unspecified atom stereocenters. The second-order valence-corrected chi connectivity index (χ2v) is 4.82. The molecule has 1 heterocycles. The summed E-state index contributed by atoms with van der Waals surface area (Å²) in [7, 11) is 1.28. The minimum absolute atomic E-state index is 0.159. The maximum atomic E-state index is 12.1. The Balaban J connectivity index is 2.17. The Morgan fingerprint density at radius 3 is 2.33 bits per heavy atom. The molecule has 1 aromatic rings. The molecular formula is C15H15NO5. The molecule has 0 spiro atoms. The Hall–Kier alpha value is -2.50. The fourth-order valence-electron chi connectivity index (χ4n) is 2.21. The molecule has 1 saturated heterocycles.